The highest BCUT2D eigenvalue weighted by molar-refractivity contribution is 5.45. The molecule has 2 rings (SSSR count). The van der Waals surface area contributed by atoms with E-state index in [1.54, 1.807) is 7.11 Å². The molecule has 0 amide bonds. The van der Waals surface area contributed by atoms with Crippen LogP contribution in [-0.2, 0) is 0 Å². The van der Waals surface area contributed by atoms with Gasteiger partial charge in [-0.15, -0.1) is 0 Å². The minimum atomic E-state index is -0.0827. The zero-order valence-electron chi connectivity index (χ0n) is 11.5. The lowest BCUT2D eigenvalue weighted by Gasteiger charge is -2.33. The molecule has 18 heavy (non-hydrogen) atoms. The zero-order valence-corrected chi connectivity index (χ0v) is 11.5. The van der Waals surface area contributed by atoms with Crippen LogP contribution in [0.2, 0.25) is 0 Å². The molecular formula is C14H23N3O. The maximum absolute atomic E-state index is 6.40. The monoisotopic (exact) mass is 249 g/mol. The second-order valence-corrected chi connectivity index (χ2v) is 4.94. The van der Waals surface area contributed by atoms with E-state index in [1.165, 1.54) is 5.56 Å². The van der Waals surface area contributed by atoms with Crippen molar-refractivity contribution in [2.75, 3.05) is 33.3 Å². The molecule has 1 aromatic carbocycles. The predicted molar refractivity (Wildman–Crippen MR) is 73.8 cm³/mol. The van der Waals surface area contributed by atoms with Gasteiger partial charge >= 0.3 is 0 Å². The van der Waals surface area contributed by atoms with E-state index in [0.29, 0.717) is 0 Å². The van der Waals surface area contributed by atoms with E-state index in [2.05, 4.69) is 36.2 Å². The summed E-state index contributed by atoms with van der Waals surface area (Å²) in [7, 11) is 1.71. The maximum atomic E-state index is 6.40. The average molecular weight is 249 g/mol. The van der Waals surface area contributed by atoms with Crippen LogP contribution < -0.4 is 15.8 Å². The fraction of sp³-hybridized carbons (Fsp3) is 0.571. The van der Waals surface area contributed by atoms with Crippen LogP contribution in [0, 0.1) is 13.8 Å². The molecule has 100 valence electrons. The first-order valence-corrected chi connectivity index (χ1v) is 6.49. The van der Waals surface area contributed by atoms with Crippen LogP contribution in [0.25, 0.3) is 0 Å². The van der Waals surface area contributed by atoms with Gasteiger partial charge in [0.05, 0.1) is 13.3 Å². The van der Waals surface area contributed by atoms with Gasteiger partial charge in [-0.1, -0.05) is 11.6 Å². The van der Waals surface area contributed by atoms with Crippen LogP contribution in [0.15, 0.2) is 12.1 Å². The molecule has 1 atom stereocenters. The summed E-state index contributed by atoms with van der Waals surface area (Å²) >= 11 is 0. The Hall–Kier alpha value is -1.10. The van der Waals surface area contributed by atoms with E-state index in [-0.39, 0.29) is 6.17 Å². The standard InChI is InChI=1S/C14H23N3O/c1-10-8-11(2)13(18-3)12(9-10)14(15)17-6-4-16-5-7-17/h8-9,14,16H,4-7,15H2,1-3H3. The third-order valence-electron chi connectivity index (χ3n) is 3.52. The van der Waals surface area contributed by atoms with Crippen molar-refractivity contribution >= 4 is 0 Å². The van der Waals surface area contributed by atoms with Crippen LogP contribution >= 0.6 is 0 Å². The predicted octanol–water partition coefficient (Wildman–Crippen LogP) is 1.17. The normalized spacial score (nSPS) is 18.7. The van der Waals surface area contributed by atoms with Gasteiger partial charge in [-0.05, 0) is 25.5 Å². The van der Waals surface area contributed by atoms with Gasteiger partial charge in [-0.25, -0.2) is 0 Å². The molecule has 0 saturated carbocycles. The Morgan fingerprint density at radius 2 is 1.94 bits per heavy atom. The van der Waals surface area contributed by atoms with Crippen molar-refractivity contribution in [3.05, 3.63) is 28.8 Å². The molecule has 1 heterocycles. The number of rotatable bonds is 3. The van der Waals surface area contributed by atoms with E-state index in [4.69, 9.17) is 10.5 Å². The van der Waals surface area contributed by atoms with Crippen molar-refractivity contribution in [3.63, 3.8) is 0 Å². The second kappa shape index (κ2) is 5.69. The molecule has 4 heteroatoms. The third-order valence-corrected chi connectivity index (χ3v) is 3.52. The summed E-state index contributed by atoms with van der Waals surface area (Å²) in [6.45, 7) is 8.14. The molecule has 1 aliphatic heterocycles. The van der Waals surface area contributed by atoms with E-state index < -0.39 is 0 Å². The lowest BCUT2D eigenvalue weighted by atomic mass is 10.0. The lowest BCUT2D eigenvalue weighted by Crippen LogP contribution is -2.47. The number of benzene rings is 1. The molecule has 1 aromatic rings. The number of nitrogens with two attached hydrogens (primary N) is 1. The number of methoxy groups -OCH3 is 1. The maximum Gasteiger partial charge on any atom is 0.127 e. The Balaban J connectivity index is 2.30. The molecule has 1 saturated heterocycles. The Kier molecular flexibility index (Phi) is 4.22. The first-order chi connectivity index (χ1) is 8.63. The van der Waals surface area contributed by atoms with Gasteiger partial charge in [-0.2, -0.15) is 0 Å². The van der Waals surface area contributed by atoms with Gasteiger partial charge < -0.3 is 15.8 Å². The van der Waals surface area contributed by atoms with E-state index in [9.17, 15) is 0 Å². The quantitative estimate of drug-likeness (QED) is 0.844. The lowest BCUT2D eigenvalue weighted by molar-refractivity contribution is 0.174. The Morgan fingerprint density at radius 3 is 2.56 bits per heavy atom. The molecule has 1 aliphatic rings. The highest BCUT2D eigenvalue weighted by Gasteiger charge is 2.22. The smallest absolute Gasteiger partial charge is 0.127 e. The van der Waals surface area contributed by atoms with Gasteiger partial charge in [-0.3, -0.25) is 4.90 Å². The molecule has 1 fully saturated rings. The number of hydrogen-bond acceptors (Lipinski definition) is 4. The van der Waals surface area contributed by atoms with Crippen molar-refractivity contribution in [2.24, 2.45) is 5.73 Å². The number of ether oxygens (including phenoxy) is 1. The van der Waals surface area contributed by atoms with Crippen LogP contribution in [-0.4, -0.2) is 38.2 Å². The van der Waals surface area contributed by atoms with Gasteiger partial charge in [0.2, 0.25) is 0 Å². The third kappa shape index (κ3) is 2.66. The SMILES string of the molecule is COc1c(C)cc(C)cc1C(N)N1CCNCC1. The summed E-state index contributed by atoms with van der Waals surface area (Å²) in [5.74, 6) is 0.923. The summed E-state index contributed by atoms with van der Waals surface area (Å²) < 4.78 is 5.52. The number of nitrogens with zero attached hydrogens (tertiary/aromatic N) is 1. The van der Waals surface area contributed by atoms with E-state index in [1.807, 2.05) is 0 Å². The summed E-state index contributed by atoms with van der Waals surface area (Å²) in [5, 5.41) is 3.34. The molecule has 0 aromatic heterocycles. The fourth-order valence-corrected chi connectivity index (χ4v) is 2.64. The van der Waals surface area contributed by atoms with Crippen LogP contribution in [0.3, 0.4) is 0 Å². The first-order valence-electron chi connectivity index (χ1n) is 6.49. The largest absolute Gasteiger partial charge is 0.496 e. The van der Waals surface area contributed by atoms with Crippen molar-refractivity contribution in [3.8, 4) is 5.75 Å². The molecule has 0 bridgehead atoms. The topological polar surface area (TPSA) is 50.5 Å². The second-order valence-electron chi connectivity index (χ2n) is 4.94. The summed E-state index contributed by atoms with van der Waals surface area (Å²) in [4.78, 5) is 2.30. The number of aryl methyl sites for hydroxylation is 2. The molecular weight excluding hydrogens is 226 g/mol. The average Bonchev–Trinajstić information content (AvgIpc) is 2.38. The molecule has 0 radical (unpaired) electrons. The van der Waals surface area contributed by atoms with Gasteiger partial charge in [0.15, 0.2) is 0 Å². The number of piperazine rings is 1. The molecule has 0 spiro atoms. The summed E-state index contributed by atoms with van der Waals surface area (Å²) in [6.07, 6.45) is -0.0827. The molecule has 4 nitrogen and oxygen atoms in total. The van der Waals surface area contributed by atoms with Gasteiger partial charge in [0, 0.05) is 31.7 Å². The Labute approximate surface area is 109 Å². The molecule has 0 aliphatic carbocycles. The van der Waals surface area contributed by atoms with Crippen LogP contribution in [0.5, 0.6) is 5.75 Å². The molecule has 1 unspecified atom stereocenters. The highest BCUT2D eigenvalue weighted by atomic mass is 16.5. The summed E-state index contributed by atoms with van der Waals surface area (Å²) in [5.41, 5.74) is 9.88. The first kappa shape index (κ1) is 13.3. The molecule has 3 N–H and O–H groups in total. The minimum absolute atomic E-state index is 0.0827. The number of hydrogen-bond donors (Lipinski definition) is 2. The van der Waals surface area contributed by atoms with Gasteiger partial charge in [0.1, 0.15) is 5.75 Å². The van der Waals surface area contributed by atoms with Crippen LogP contribution in [0.4, 0.5) is 0 Å². The van der Waals surface area contributed by atoms with E-state index >= 15 is 0 Å². The van der Waals surface area contributed by atoms with Crippen LogP contribution in [0.1, 0.15) is 22.9 Å². The Bertz CT molecular complexity index is 414. The summed E-state index contributed by atoms with van der Waals surface area (Å²) in [6, 6.07) is 4.27. The van der Waals surface area contributed by atoms with Crippen molar-refractivity contribution in [2.45, 2.75) is 20.0 Å². The highest BCUT2D eigenvalue weighted by Crippen LogP contribution is 2.30. The zero-order chi connectivity index (χ0) is 13.1. The number of nitrogens with one attached hydrogen (secondary N) is 1. The minimum Gasteiger partial charge on any atom is -0.496 e. The fourth-order valence-electron chi connectivity index (χ4n) is 2.64. The van der Waals surface area contributed by atoms with Crippen molar-refractivity contribution in [1.29, 1.82) is 0 Å². The Morgan fingerprint density at radius 1 is 1.28 bits per heavy atom. The van der Waals surface area contributed by atoms with E-state index in [0.717, 1.165) is 43.1 Å². The van der Waals surface area contributed by atoms with Crippen molar-refractivity contribution in [1.82, 2.24) is 10.2 Å². The van der Waals surface area contributed by atoms with Gasteiger partial charge in [0.25, 0.3) is 0 Å². The van der Waals surface area contributed by atoms with Crippen molar-refractivity contribution < 1.29 is 4.74 Å².